The highest BCUT2D eigenvalue weighted by atomic mass is 19.2. The summed E-state index contributed by atoms with van der Waals surface area (Å²) in [5, 5.41) is 0. The summed E-state index contributed by atoms with van der Waals surface area (Å²) < 4.78 is 39.1. The first-order valence-corrected chi connectivity index (χ1v) is 4.45. The molecule has 0 aliphatic carbocycles. The van der Waals surface area contributed by atoms with Gasteiger partial charge in [-0.2, -0.15) is 0 Å². The zero-order chi connectivity index (χ0) is 11.6. The van der Waals surface area contributed by atoms with Crippen LogP contribution in [0.25, 0.3) is 0 Å². The Hall–Kier alpha value is -1.52. The Kier molecular flexibility index (Phi) is 3.34. The molecule has 82 valence electrons. The summed E-state index contributed by atoms with van der Waals surface area (Å²) in [5.74, 6) is -5.53. The molecule has 5 heteroatoms. The fourth-order valence-corrected chi connectivity index (χ4v) is 1.29. The van der Waals surface area contributed by atoms with Crippen LogP contribution < -0.4 is 5.73 Å². The number of amides is 1. The van der Waals surface area contributed by atoms with Gasteiger partial charge in [0.25, 0.3) is 5.91 Å². The third-order valence-corrected chi connectivity index (χ3v) is 2.01. The van der Waals surface area contributed by atoms with Crippen LogP contribution in [0.1, 0.15) is 29.3 Å². The first kappa shape index (κ1) is 11.6. The van der Waals surface area contributed by atoms with Crippen LogP contribution in [0.2, 0.25) is 0 Å². The molecule has 0 aliphatic heterocycles. The third kappa shape index (κ3) is 2.11. The molecule has 2 nitrogen and oxygen atoms in total. The van der Waals surface area contributed by atoms with Crippen LogP contribution in [0.4, 0.5) is 13.2 Å². The lowest BCUT2D eigenvalue weighted by Crippen LogP contribution is -2.16. The fraction of sp³-hybridized carbons (Fsp3) is 0.300. The van der Waals surface area contributed by atoms with E-state index in [1.54, 1.807) is 6.92 Å². The van der Waals surface area contributed by atoms with Crippen molar-refractivity contribution in [1.29, 1.82) is 0 Å². The van der Waals surface area contributed by atoms with E-state index in [1.807, 2.05) is 0 Å². The van der Waals surface area contributed by atoms with Crippen molar-refractivity contribution in [2.75, 3.05) is 0 Å². The highest BCUT2D eigenvalue weighted by Gasteiger charge is 2.20. The first-order chi connectivity index (χ1) is 6.99. The molecule has 1 amide bonds. The summed E-state index contributed by atoms with van der Waals surface area (Å²) in [6.45, 7) is 1.75. The molecule has 1 rings (SSSR count). The minimum Gasteiger partial charge on any atom is -0.366 e. The van der Waals surface area contributed by atoms with Gasteiger partial charge >= 0.3 is 0 Å². The van der Waals surface area contributed by atoms with E-state index in [2.05, 4.69) is 0 Å². The molecule has 15 heavy (non-hydrogen) atoms. The summed E-state index contributed by atoms with van der Waals surface area (Å²) in [6, 6.07) is 0.958. The van der Waals surface area contributed by atoms with Crippen molar-refractivity contribution < 1.29 is 18.0 Å². The van der Waals surface area contributed by atoms with Gasteiger partial charge in [-0.1, -0.05) is 13.3 Å². The monoisotopic (exact) mass is 217 g/mol. The fourth-order valence-electron chi connectivity index (χ4n) is 1.29. The number of rotatable bonds is 3. The van der Waals surface area contributed by atoms with Gasteiger partial charge in [-0.3, -0.25) is 4.79 Å². The largest absolute Gasteiger partial charge is 0.366 e. The lowest BCUT2D eigenvalue weighted by atomic mass is 10.0. The topological polar surface area (TPSA) is 43.1 Å². The quantitative estimate of drug-likeness (QED) is 0.774. The van der Waals surface area contributed by atoms with Crippen LogP contribution in [-0.4, -0.2) is 5.91 Å². The van der Waals surface area contributed by atoms with E-state index in [0.717, 1.165) is 6.07 Å². The number of halogens is 3. The number of aryl methyl sites for hydroxylation is 1. The van der Waals surface area contributed by atoms with Crippen LogP contribution in [0.5, 0.6) is 0 Å². The van der Waals surface area contributed by atoms with Crippen LogP contribution >= 0.6 is 0 Å². The predicted octanol–water partition coefficient (Wildman–Crippen LogP) is 2.16. The first-order valence-electron chi connectivity index (χ1n) is 4.45. The lowest BCUT2D eigenvalue weighted by Gasteiger charge is -2.06. The Morgan fingerprint density at radius 1 is 1.27 bits per heavy atom. The van der Waals surface area contributed by atoms with Gasteiger partial charge in [0.05, 0.1) is 5.56 Å². The molecular formula is C10H10F3NO. The normalized spacial score (nSPS) is 10.4. The molecule has 0 spiro atoms. The van der Waals surface area contributed by atoms with E-state index in [4.69, 9.17) is 5.73 Å². The van der Waals surface area contributed by atoms with E-state index in [9.17, 15) is 18.0 Å². The minimum atomic E-state index is -1.64. The molecule has 1 aromatic rings. The molecular weight excluding hydrogens is 207 g/mol. The molecule has 0 saturated heterocycles. The average molecular weight is 217 g/mol. The summed E-state index contributed by atoms with van der Waals surface area (Å²) in [6.07, 6.45) is 0.781. The van der Waals surface area contributed by atoms with E-state index in [0.29, 0.717) is 6.42 Å². The maximum absolute atomic E-state index is 13.1. The Labute approximate surface area is 84.9 Å². The van der Waals surface area contributed by atoms with Gasteiger partial charge in [0, 0.05) is 0 Å². The molecule has 0 unspecified atom stereocenters. The van der Waals surface area contributed by atoms with Crippen LogP contribution in [0.15, 0.2) is 6.07 Å². The van der Waals surface area contributed by atoms with E-state index >= 15 is 0 Å². The third-order valence-electron chi connectivity index (χ3n) is 2.01. The second-order valence-corrected chi connectivity index (χ2v) is 3.14. The van der Waals surface area contributed by atoms with Crippen molar-refractivity contribution >= 4 is 5.91 Å². The molecule has 0 bridgehead atoms. The number of hydrogen-bond donors (Lipinski definition) is 1. The Morgan fingerprint density at radius 3 is 2.33 bits per heavy atom. The van der Waals surface area contributed by atoms with Crippen molar-refractivity contribution in [1.82, 2.24) is 0 Å². The molecule has 0 heterocycles. The van der Waals surface area contributed by atoms with E-state index in [-0.39, 0.29) is 12.0 Å². The van der Waals surface area contributed by atoms with Gasteiger partial charge in [0.2, 0.25) is 0 Å². The van der Waals surface area contributed by atoms with Crippen molar-refractivity contribution in [2.45, 2.75) is 19.8 Å². The summed E-state index contributed by atoms with van der Waals surface area (Å²) in [7, 11) is 0. The zero-order valence-electron chi connectivity index (χ0n) is 8.11. The van der Waals surface area contributed by atoms with Crippen molar-refractivity contribution in [3.8, 4) is 0 Å². The minimum absolute atomic E-state index is 0.0369. The van der Waals surface area contributed by atoms with Gasteiger partial charge in [-0.25, -0.2) is 13.2 Å². The van der Waals surface area contributed by atoms with Gasteiger partial charge in [-0.05, 0) is 18.1 Å². The Bertz CT molecular complexity index is 404. The molecule has 0 aromatic heterocycles. The Morgan fingerprint density at radius 2 is 1.87 bits per heavy atom. The highest BCUT2D eigenvalue weighted by molar-refractivity contribution is 5.93. The SMILES string of the molecule is CCCc1cc(C(N)=O)c(F)c(F)c1F. The number of primary amides is 1. The summed E-state index contributed by atoms with van der Waals surface area (Å²) in [4.78, 5) is 10.7. The highest BCUT2D eigenvalue weighted by Crippen LogP contribution is 2.20. The number of carbonyl (C=O) groups excluding carboxylic acids is 1. The molecule has 0 aliphatic rings. The smallest absolute Gasteiger partial charge is 0.251 e. The standard InChI is InChI=1S/C10H10F3NO/c1-2-3-5-4-6(10(14)15)8(12)9(13)7(5)11/h4H,2-3H2,1H3,(H2,14,15). The zero-order valence-corrected chi connectivity index (χ0v) is 8.11. The number of hydrogen-bond acceptors (Lipinski definition) is 1. The number of carbonyl (C=O) groups is 1. The predicted molar refractivity (Wildman–Crippen MR) is 48.8 cm³/mol. The van der Waals surface area contributed by atoms with Gasteiger partial charge < -0.3 is 5.73 Å². The van der Waals surface area contributed by atoms with Gasteiger partial charge in [0.1, 0.15) is 0 Å². The molecule has 1 aromatic carbocycles. The molecule has 0 radical (unpaired) electrons. The summed E-state index contributed by atoms with van der Waals surface area (Å²) >= 11 is 0. The lowest BCUT2D eigenvalue weighted by molar-refractivity contribution is 0.0995. The van der Waals surface area contributed by atoms with E-state index in [1.165, 1.54) is 0 Å². The summed E-state index contributed by atoms with van der Waals surface area (Å²) in [5.41, 5.74) is 4.18. The molecule has 0 atom stereocenters. The average Bonchev–Trinajstić information content (AvgIpc) is 2.18. The second-order valence-electron chi connectivity index (χ2n) is 3.14. The van der Waals surface area contributed by atoms with Gasteiger partial charge in [-0.15, -0.1) is 0 Å². The molecule has 0 fully saturated rings. The Balaban J connectivity index is 3.38. The van der Waals surface area contributed by atoms with Crippen molar-refractivity contribution in [2.24, 2.45) is 5.73 Å². The second kappa shape index (κ2) is 4.33. The number of benzene rings is 1. The van der Waals surface area contributed by atoms with Crippen LogP contribution in [0, 0.1) is 17.5 Å². The van der Waals surface area contributed by atoms with E-state index < -0.39 is 28.9 Å². The molecule has 0 saturated carbocycles. The molecule has 2 N–H and O–H groups in total. The van der Waals surface area contributed by atoms with Crippen molar-refractivity contribution in [3.05, 3.63) is 34.6 Å². The van der Waals surface area contributed by atoms with Gasteiger partial charge in [0.15, 0.2) is 17.5 Å². The van der Waals surface area contributed by atoms with Crippen LogP contribution in [0.3, 0.4) is 0 Å². The maximum Gasteiger partial charge on any atom is 0.251 e. The number of nitrogens with two attached hydrogens (primary N) is 1. The maximum atomic E-state index is 13.1. The van der Waals surface area contributed by atoms with Crippen molar-refractivity contribution in [3.63, 3.8) is 0 Å². The van der Waals surface area contributed by atoms with Crippen LogP contribution in [-0.2, 0) is 6.42 Å².